The van der Waals surface area contributed by atoms with E-state index in [0.717, 1.165) is 11.4 Å². The Morgan fingerprint density at radius 3 is 2.82 bits per heavy atom. The fourth-order valence-electron chi connectivity index (χ4n) is 1.17. The van der Waals surface area contributed by atoms with E-state index < -0.39 is 0 Å². The van der Waals surface area contributed by atoms with Crippen LogP contribution in [0.2, 0.25) is 5.02 Å². The molecule has 0 fully saturated rings. The zero-order chi connectivity index (χ0) is 12.9. The molecule has 17 heavy (non-hydrogen) atoms. The second kappa shape index (κ2) is 6.28. The fraction of sp³-hybridized carbons (Fsp3) is 0.417. The van der Waals surface area contributed by atoms with Gasteiger partial charge in [0.25, 0.3) is 0 Å². The zero-order valence-corrected chi connectivity index (χ0v) is 11.6. The third-order valence-corrected chi connectivity index (χ3v) is 3.47. The smallest absolute Gasteiger partial charge is 0.234 e. The predicted molar refractivity (Wildman–Crippen MR) is 75.7 cm³/mol. The summed E-state index contributed by atoms with van der Waals surface area (Å²) in [6.07, 6.45) is 0. The van der Waals surface area contributed by atoms with E-state index in [9.17, 15) is 4.79 Å². The van der Waals surface area contributed by atoms with Crippen molar-refractivity contribution in [3.8, 4) is 0 Å². The molecule has 0 heterocycles. The number of nitrogens with one attached hydrogen (secondary N) is 1. The summed E-state index contributed by atoms with van der Waals surface area (Å²) in [4.78, 5) is 11.6. The molecule has 5 heteroatoms. The van der Waals surface area contributed by atoms with Gasteiger partial charge in [-0.1, -0.05) is 17.7 Å². The number of carbonyl (C=O) groups is 1. The van der Waals surface area contributed by atoms with Crippen LogP contribution >= 0.6 is 23.4 Å². The minimum atomic E-state index is -0.249. The Morgan fingerprint density at radius 1 is 1.53 bits per heavy atom. The maximum absolute atomic E-state index is 11.6. The van der Waals surface area contributed by atoms with Crippen LogP contribution in [0.3, 0.4) is 0 Å². The SMILES string of the molecule is CC(C)(N)CSCC(=O)Nc1cccc(Cl)c1. The lowest BCUT2D eigenvalue weighted by Crippen LogP contribution is -2.35. The Morgan fingerprint density at radius 2 is 2.24 bits per heavy atom. The van der Waals surface area contributed by atoms with E-state index >= 15 is 0 Å². The number of anilines is 1. The molecule has 1 aromatic carbocycles. The number of halogens is 1. The van der Waals surface area contributed by atoms with Crippen molar-refractivity contribution in [3.05, 3.63) is 29.3 Å². The Bertz CT molecular complexity index is 390. The van der Waals surface area contributed by atoms with Crippen molar-refractivity contribution in [2.45, 2.75) is 19.4 Å². The first-order valence-corrected chi connectivity index (χ1v) is 6.82. The van der Waals surface area contributed by atoms with E-state index in [4.69, 9.17) is 17.3 Å². The highest BCUT2D eigenvalue weighted by Crippen LogP contribution is 2.15. The molecule has 94 valence electrons. The van der Waals surface area contributed by atoms with Gasteiger partial charge in [0.15, 0.2) is 0 Å². The molecule has 0 saturated heterocycles. The molecule has 0 aromatic heterocycles. The van der Waals surface area contributed by atoms with E-state index in [1.807, 2.05) is 13.8 Å². The predicted octanol–water partition coefficient (Wildman–Crippen LogP) is 2.75. The van der Waals surface area contributed by atoms with Crippen LogP contribution in [0.5, 0.6) is 0 Å². The van der Waals surface area contributed by atoms with Crippen molar-refractivity contribution in [2.75, 3.05) is 16.8 Å². The normalized spacial score (nSPS) is 11.3. The van der Waals surface area contributed by atoms with Gasteiger partial charge in [-0.2, -0.15) is 11.8 Å². The summed E-state index contributed by atoms with van der Waals surface area (Å²) in [5, 5.41) is 3.39. The van der Waals surface area contributed by atoms with E-state index in [1.54, 1.807) is 24.3 Å². The monoisotopic (exact) mass is 272 g/mol. The molecular formula is C12H17ClN2OS. The molecule has 1 aromatic rings. The van der Waals surface area contributed by atoms with Crippen molar-refractivity contribution in [1.82, 2.24) is 0 Å². The molecular weight excluding hydrogens is 256 g/mol. The second-order valence-electron chi connectivity index (χ2n) is 4.54. The van der Waals surface area contributed by atoms with Gasteiger partial charge >= 0.3 is 0 Å². The van der Waals surface area contributed by atoms with Crippen LogP contribution in [0.4, 0.5) is 5.69 Å². The Kier molecular flexibility index (Phi) is 5.31. The van der Waals surface area contributed by atoms with Crippen molar-refractivity contribution in [1.29, 1.82) is 0 Å². The van der Waals surface area contributed by atoms with Gasteiger partial charge in [0.05, 0.1) is 5.75 Å². The minimum absolute atomic E-state index is 0.0403. The van der Waals surface area contributed by atoms with Crippen molar-refractivity contribution in [3.63, 3.8) is 0 Å². The quantitative estimate of drug-likeness (QED) is 0.867. The Labute approximate surface area is 111 Å². The molecule has 0 aliphatic rings. The van der Waals surface area contributed by atoms with E-state index in [-0.39, 0.29) is 11.4 Å². The highest BCUT2D eigenvalue weighted by Gasteiger charge is 2.11. The van der Waals surface area contributed by atoms with Crippen LogP contribution in [0.15, 0.2) is 24.3 Å². The van der Waals surface area contributed by atoms with Crippen molar-refractivity contribution >= 4 is 35.0 Å². The van der Waals surface area contributed by atoms with Crippen molar-refractivity contribution in [2.24, 2.45) is 5.73 Å². The number of benzene rings is 1. The number of rotatable bonds is 5. The van der Waals surface area contributed by atoms with E-state index in [2.05, 4.69) is 5.32 Å². The lowest BCUT2D eigenvalue weighted by Gasteiger charge is -2.17. The van der Waals surface area contributed by atoms with Gasteiger partial charge in [-0.05, 0) is 32.0 Å². The molecule has 0 bridgehead atoms. The molecule has 0 saturated carbocycles. The van der Waals surface area contributed by atoms with Crippen LogP contribution in [0, 0.1) is 0 Å². The highest BCUT2D eigenvalue weighted by molar-refractivity contribution is 8.00. The van der Waals surface area contributed by atoms with Crippen LogP contribution in [0.1, 0.15) is 13.8 Å². The number of amides is 1. The van der Waals surface area contributed by atoms with E-state index in [0.29, 0.717) is 10.8 Å². The maximum Gasteiger partial charge on any atom is 0.234 e. The first-order valence-electron chi connectivity index (χ1n) is 5.29. The summed E-state index contributed by atoms with van der Waals surface area (Å²) in [5.74, 6) is 1.10. The van der Waals surface area contributed by atoms with Gasteiger partial charge in [0.2, 0.25) is 5.91 Å². The molecule has 3 nitrogen and oxygen atoms in total. The summed E-state index contributed by atoms with van der Waals surface area (Å²) in [6, 6.07) is 7.09. The molecule has 0 radical (unpaired) electrons. The zero-order valence-electron chi connectivity index (χ0n) is 10.00. The van der Waals surface area contributed by atoms with Crippen LogP contribution < -0.4 is 11.1 Å². The molecule has 1 rings (SSSR count). The highest BCUT2D eigenvalue weighted by atomic mass is 35.5. The largest absolute Gasteiger partial charge is 0.325 e. The lowest BCUT2D eigenvalue weighted by atomic mass is 10.1. The van der Waals surface area contributed by atoms with E-state index in [1.165, 1.54) is 11.8 Å². The third-order valence-electron chi connectivity index (χ3n) is 1.82. The standard InChI is InChI=1S/C12H17ClN2OS/c1-12(2,14)8-17-7-11(16)15-10-5-3-4-9(13)6-10/h3-6H,7-8,14H2,1-2H3,(H,15,16). The van der Waals surface area contributed by atoms with Crippen LogP contribution in [0.25, 0.3) is 0 Å². The minimum Gasteiger partial charge on any atom is -0.325 e. The maximum atomic E-state index is 11.6. The number of hydrogen-bond acceptors (Lipinski definition) is 3. The number of carbonyl (C=O) groups excluding carboxylic acids is 1. The van der Waals surface area contributed by atoms with Crippen molar-refractivity contribution < 1.29 is 4.79 Å². The average molecular weight is 273 g/mol. The van der Waals surface area contributed by atoms with Crippen LogP contribution in [-0.2, 0) is 4.79 Å². The first kappa shape index (κ1) is 14.4. The molecule has 0 aliphatic heterocycles. The number of hydrogen-bond donors (Lipinski definition) is 2. The van der Waals surface area contributed by atoms with Gasteiger partial charge in [0.1, 0.15) is 0 Å². The number of thioether (sulfide) groups is 1. The van der Waals surface area contributed by atoms with Gasteiger partial charge in [0, 0.05) is 22.0 Å². The molecule has 1 amide bonds. The van der Waals surface area contributed by atoms with Gasteiger partial charge in [-0.25, -0.2) is 0 Å². The lowest BCUT2D eigenvalue weighted by molar-refractivity contribution is -0.113. The topological polar surface area (TPSA) is 55.1 Å². The Hall–Kier alpha value is -0.710. The average Bonchev–Trinajstić information content (AvgIpc) is 2.15. The third kappa shape index (κ3) is 6.56. The second-order valence-corrected chi connectivity index (χ2v) is 5.96. The molecule has 0 aliphatic carbocycles. The van der Waals surface area contributed by atoms with Gasteiger partial charge in [-0.3, -0.25) is 4.79 Å². The van der Waals surface area contributed by atoms with Gasteiger partial charge < -0.3 is 11.1 Å². The summed E-state index contributed by atoms with van der Waals surface area (Å²) in [6.45, 7) is 3.88. The summed E-state index contributed by atoms with van der Waals surface area (Å²) < 4.78 is 0. The van der Waals surface area contributed by atoms with Crippen LogP contribution in [-0.4, -0.2) is 23.0 Å². The molecule has 0 atom stereocenters. The summed E-state index contributed by atoms with van der Waals surface area (Å²) in [5.41, 5.74) is 6.29. The molecule has 0 spiro atoms. The summed E-state index contributed by atoms with van der Waals surface area (Å²) >= 11 is 7.34. The molecule has 0 unspecified atom stereocenters. The first-order chi connectivity index (χ1) is 7.87. The fourth-order valence-corrected chi connectivity index (χ4v) is 2.25. The van der Waals surface area contributed by atoms with Gasteiger partial charge in [-0.15, -0.1) is 0 Å². The Balaban J connectivity index is 2.35. The molecule has 3 N–H and O–H groups in total. The number of nitrogens with two attached hydrogens (primary N) is 1. The summed E-state index contributed by atoms with van der Waals surface area (Å²) in [7, 11) is 0.